The Morgan fingerprint density at radius 1 is 1.33 bits per heavy atom. The molecular weight excluding hydrogens is 224 g/mol. The van der Waals surface area contributed by atoms with E-state index in [1.54, 1.807) is 25.1 Å². The van der Waals surface area contributed by atoms with Crippen LogP contribution in [0.25, 0.3) is 0 Å². The molecule has 0 radical (unpaired) electrons. The van der Waals surface area contributed by atoms with Gasteiger partial charge in [-0.2, -0.15) is 5.26 Å². The van der Waals surface area contributed by atoms with Crippen LogP contribution in [-0.4, -0.2) is 18.9 Å². The zero-order chi connectivity index (χ0) is 13.9. The molecule has 0 saturated carbocycles. The number of carbonyl (C=O) groups excluding carboxylic acids is 1. The molecule has 3 nitrogen and oxygen atoms in total. The predicted molar refractivity (Wildman–Crippen MR) is 73.9 cm³/mol. The van der Waals surface area contributed by atoms with Crippen LogP contribution in [0.15, 0.2) is 18.2 Å². The van der Waals surface area contributed by atoms with Crippen molar-refractivity contribution >= 4 is 11.5 Å². The molecule has 0 aliphatic rings. The van der Waals surface area contributed by atoms with Gasteiger partial charge in [-0.05, 0) is 38.0 Å². The number of benzene rings is 1. The van der Waals surface area contributed by atoms with E-state index in [1.165, 1.54) is 0 Å². The minimum absolute atomic E-state index is 0.0253. The third-order valence-corrected chi connectivity index (χ3v) is 3.46. The van der Waals surface area contributed by atoms with Crippen molar-refractivity contribution in [3.63, 3.8) is 0 Å². The Balaban J connectivity index is 3.28. The van der Waals surface area contributed by atoms with Crippen molar-refractivity contribution < 1.29 is 4.79 Å². The van der Waals surface area contributed by atoms with Gasteiger partial charge in [-0.15, -0.1) is 0 Å². The molecule has 1 atom stereocenters. The van der Waals surface area contributed by atoms with E-state index in [2.05, 4.69) is 31.7 Å². The summed E-state index contributed by atoms with van der Waals surface area (Å²) in [7, 11) is 1.97. The highest BCUT2D eigenvalue weighted by atomic mass is 16.1. The topological polar surface area (TPSA) is 44.1 Å². The molecule has 0 spiro atoms. The summed E-state index contributed by atoms with van der Waals surface area (Å²) in [6.45, 7) is 7.96. The van der Waals surface area contributed by atoms with Crippen molar-refractivity contribution in [2.45, 2.75) is 33.7 Å². The van der Waals surface area contributed by atoms with Gasteiger partial charge in [0.05, 0.1) is 11.6 Å². The first-order valence-corrected chi connectivity index (χ1v) is 6.16. The third kappa shape index (κ3) is 2.89. The van der Waals surface area contributed by atoms with E-state index in [9.17, 15) is 4.79 Å². The van der Waals surface area contributed by atoms with Gasteiger partial charge in [-0.1, -0.05) is 13.8 Å². The Labute approximate surface area is 109 Å². The summed E-state index contributed by atoms with van der Waals surface area (Å²) in [4.78, 5) is 13.7. The Morgan fingerprint density at radius 2 is 1.94 bits per heavy atom. The second kappa shape index (κ2) is 5.68. The van der Waals surface area contributed by atoms with Gasteiger partial charge in [0, 0.05) is 24.3 Å². The van der Waals surface area contributed by atoms with Gasteiger partial charge in [0.25, 0.3) is 0 Å². The fraction of sp³-hybridized carbons (Fsp3) is 0.467. The van der Waals surface area contributed by atoms with Gasteiger partial charge < -0.3 is 4.90 Å². The van der Waals surface area contributed by atoms with Gasteiger partial charge in [-0.3, -0.25) is 4.79 Å². The van der Waals surface area contributed by atoms with E-state index < -0.39 is 0 Å². The SMILES string of the molecule is CC(=O)c1ccc(C#N)cc1N(C)C(C)C(C)C. The number of ketones is 1. The average molecular weight is 244 g/mol. The summed E-state index contributed by atoms with van der Waals surface area (Å²) >= 11 is 0. The minimum Gasteiger partial charge on any atom is -0.371 e. The van der Waals surface area contributed by atoms with Crippen LogP contribution in [0.3, 0.4) is 0 Å². The molecule has 0 aromatic heterocycles. The fourth-order valence-electron chi connectivity index (χ4n) is 1.86. The smallest absolute Gasteiger partial charge is 0.161 e. The van der Waals surface area contributed by atoms with Gasteiger partial charge in [0.2, 0.25) is 0 Å². The summed E-state index contributed by atoms with van der Waals surface area (Å²) < 4.78 is 0. The molecule has 3 heteroatoms. The number of anilines is 1. The van der Waals surface area contributed by atoms with Crippen LogP contribution in [0.2, 0.25) is 0 Å². The molecular formula is C15H20N2O. The molecule has 1 aromatic rings. The van der Waals surface area contributed by atoms with E-state index in [0.717, 1.165) is 5.69 Å². The lowest BCUT2D eigenvalue weighted by Crippen LogP contribution is -2.34. The molecule has 0 aliphatic heterocycles. The number of hydrogen-bond acceptors (Lipinski definition) is 3. The highest BCUT2D eigenvalue weighted by Crippen LogP contribution is 2.25. The van der Waals surface area contributed by atoms with E-state index in [4.69, 9.17) is 5.26 Å². The lowest BCUT2D eigenvalue weighted by Gasteiger charge is -2.31. The second-order valence-electron chi connectivity index (χ2n) is 5.00. The molecule has 18 heavy (non-hydrogen) atoms. The Hall–Kier alpha value is -1.82. The van der Waals surface area contributed by atoms with E-state index in [1.807, 2.05) is 7.05 Å². The lowest BCUT2D eigenvalue weighted by atomic mass is 10.0. The van der Waals surface area contributed by atoms with Gasteiger partial charge >= 0.3 is 0 Å². The van der Waals surface area contributed by atoms with Gasteiger partial charge in [0.1, 0.15) is 0 Å². The average Bonchev–Trinajstić information content (AvgIpc) is 2.35. The number of Topliss-reactive ketones (excluding diaryl/α,β-unsaturated/α-hetero) is 1. The number of carbonyl (C=O) groups is 1. The normalized spacial score (nSPS) is 12.1. The summed E-state index contributed by atoms with van der Waals surface area (Å²) in [6.07, 6.45) is 0. The largest absolute Gasteiger partial charge is 0.371 e. The molecule has 0 bridgehead atoms. The van der Waals surface area contributed by atoms with E-state index in [0.29, 0.717) is 23.1 Å². The number of rotatable bonds is 4. The lowest BCUT2D eigenvalue weighted by molar-refractivity contribution is 0.101. The van der Waals surface area contributed by atoms with Crippen LogP contribution >= 0.6 is 0 Å². The highest BCUT2D eigenvalue weighted by molar-refractivity contribution is 6.00. The molecule has 0 aliphatic carbocycles. The Morgan fingerprint density at radius 3 is 2.39 bits per heavy atom. The van der Waals surface area contributed by atoms with Crippen LogP contribution in [0.1, 0.15) is 43.6 Å². The molecule has 0 fully saturated rings. The van der Waals surface area contributed by atoms with Crippen molar-refractivity contribution in [3.8, 4) is 6.07 Å². The first-order valence-electron chi connectivity index (χ1n) is 6.16. The van der Waals surface area contributed by atoms with Gasteiger partial charge in [-0.25, -0.2) is 0 Å². The summed E-state index contributed by atoms with van der Waals surface area (Å²) in [5.41, 5.74) is 2.09. The second-order valence-corrected chi connectivity index (χ2v) is 5.00. The maximum atomic E-state index is 11.7. The summed E-state index contributed by atoms with van der Waals surface area (Å²) in [5.74, 6) is 0.498. The zero-order valence-electron chi connectivity index (χ0n) is 11.7. The van der Waals surface area contributed by atoms with Gasteiger partial charge in [0.15, 0.2) is 5.78 Å². The van der Waals surface area contributed by atoms with E-state index >= 15 is 0 Å². The molecule has 1 aromatic carbocycles. The minimum atomic E-state index is 0.0253. The molecule has 96 valence electrons. The number of nitrogens with zero attached hydrogens (tertiary/aromatic N) is 2. The van der Waals surface area contributed by atoms with Crippen LogP contribution in [-0.2, 0) is 0 Å². The van der Waals surface area contributed by atoms with Crippen LogP contribution in [0.5, 0.6) is 0 Å². The predicted octanol–water partition coefficient (Wildman–Crippen LogP) is 3.24. The van der Waals surface area contributed by atoms with Crippen molar-refractivity contribution in [2.75, 3.05) is 11.9 Å². The zero-order valence-corrected chi connectivity index (χ0v) is 11.7. The first kappa shape index (κ1) is 14.2. The van der Waals surface area contributed by atoms with Crippen molar-refractivity contribution in [1.29, 1.82) is 5.26 Å². The van der Waals surface area contributed by atoms with Crippen LogP contribution < -0.4 is 4.90 Å². The summed E-state index contributed by atoms with van der Waals surface area (Å²) in [5, 5.41) is 8.97. The monoisotopic (exact) mass is 244 g/mol. The molecule has 1 rings (SSSR count). The Kier molecular flexibility index (Phi) is 4.49. The van der Waals surface area contributed by atoms with Crippen LogP contribution in [0, 0.1) is 17.2 Å². The first-order chi connectivity index (χ1) is 8.38. The maximum Gasteiger partial charge on any atom is 0.161 e. The number of hydrogen-bond donors (Lipinski definition) is 0. The Bertz CT molecular complexity index is 486. The molecule has 0 saturated heterocycles. The highest BCUT2D eigenvalue weighted by Gasteiger charge is 2.18. The third-order valence-electron chi connectivity index (χ3n) is 3.46. The van der Waals surface area contributed by atoms with Crippen molar-refractivity contribution in [1.82, 2.24) is 0 Å². The van der Waals surface area contributed by atoms with Crippen molar-refractivity contribution in [3.05, 3.63) is 29.3 Å². The maximum absolute atomic E-state index is 11.7. The number of nitriles is 1. The molecule has 0 N–H and O–H groups in total. The summed E-state index contributed by atoms with van der Waals surface area (Å²) in [6, 6.07) is 7.63. The van der Waals surface area contributed by atoms with E-state index in [-0.39, 0.29) is 5.78 Å². The molecule has 0 heterocycles. The fourth-order valence-corrected chi connectivity index (χ4v) is 1.86. The van der Waals surface area contributed by atoms with Crippen molar-refractivity contribution in [2.24, 2.45) is 5.92 Å². The molecule has 1 unspecified atom stereocenters. The van der Waals surface area contributed by atoms with Crippen LogP contribution in [0.4, 0.5) is 5.69 Å². The quantitative estimate of drug-likeness (QED) is 0.764. The molecule has 0 amide bonds. The standard InChI is InChI=1S/C15H20N2O/c1-10(2)11(3)17(5)15-8-13(9-16)6-7-14(15)12(4)18/h6-8,10-11H,1-5H3.